The van der Waals surface area contributed by atoms with Gasteiger partial charge in [0.25, 0.3) is 0 Å². The van der Waals surface area contributed by atoms with Crippen LogP contribution in [0.3, 0.4) is 0 Å². The first-order valence-corrected chi connectivity index (χ1v) is 8.71. The lowest BCUT2D eigenvalue weighted by atomic mass is 10.0. The van der Waals surface area contributed by atoms with Crippen LogP contribution in [0, 0.1) is 5.82 Å². The van der Waals surface area contributed by atoms with Crippen LogP contribution in [0.5, 0.6) is 0 Å². The molecule has 3 rings (SSSR count). The molecular formula is C20H23FN2O2. The van der Waals surface area contributed by atoms with Crippen molar-refractivity contribution in [3.8, 4) is 0 Å². The van der Waals surface area contributed by atoms with Crippen LogP contribution in [0.2, 0.25) is 0 Å². The van der Waals surface area contributed by atoms with Gasteiger partial charge in [-0.05, 0) is 55.2 Å². The van der Waals surface area contributed by atoms with Crippen molar-refractivity contribution < 1.29 is 13.9 Å². The molecule has 2 aromatic rings. The van der Waals surface area contributed by atoms with Gasteiger partial charge in [0.2, 0.25) is 5.91 Å². The molecule has 0 unspecified atom stereocenters. The number of likely N-dealkylation sites (tertiary alicyclic amines) is 1. The quantitative estimate of drug-likeness (QED) is 0.810. The van der Waals surface area contributed by atoms with Crippen LogP contribution in [0.15, 0.2) is 48.8 Å². The molecule has 0 N–H and O–H groups in total. The molecule has 1 amide bonds. The van der Waals surface area contributed by atoms with Crippen molar-refractivity contribution in [1.29, 1.82) is 0 Å². The van der Waals surface area contributed by atoms with Gasteiger partial charge in [0.1, 0.15) is 5.82 Å². The molecule has 2 heterocycles. The average Bonchev–Trinajstić information content (AvgIpc) is 2.99. The van der Waals surface area contributed by atoms with E-state index in [1.54, 1.807) is 24.5 Å². The number of halogens is 1. The molecule has 5 heteroatoms. The fourth-order valence-corrected chi connectivity index (χ4v) is 3.47. The topological polar surface area (TPSA) is 42.4 Å². The molecule has 132 valence electrons. The molecule has 1 aliphatic heterocycles. The maximum Gasteiger partial charge on any atom is 0.227 e. The molecule has 1 aliphatic rings. The third-order valence-corrected chi connectivity index (χ3v) is 4.62. The lowest BCUT2D eigenvalue weighted by molar-refractivity contribution is -0.132. The summed E-state index contributed by atoms with van der Waals surface area (Å²) in [6.07, 6.45) is 5.34. The van der Waals surface area contributed by atoms with Gasteiger partial charge in [-0.15, -0.1) is 0 Å². The van der Waals surface area contributed by atoms with Gasteiger partial charge < -0.3 is 9.64 Å². The molecule has 1 fully saturated rings. The third kappa shape index (κ3) is 4.42. The van der Waals surface area contributed by atoms with Gasteiger partial charge in [0, 0.05) is 25.5 Å². The van der Waals surface area contributed by atoms with Crippen molar-refractivity contribution >= 4 is 5.91 Å². The largest absolute Gasteiger partial charge is 0.376 e. The van der Waals surface area contributed by atoms with Gasteiger partial charge in [-0.2, -0.15) is 0 Å². The van der Waals surface area contributed by atoms with Crippen LogP contribution in [0.1, 0.15) is 24.5 Å². The second kappa shape index (κ2) is 8.21. The number of benzene rings is 1. The second-order valence-electron chi connectivity index (χ2n) is 6.30. The molecule has 1 saturated heterocycles. The van der Waals surface area contributed by atoms with E-state index >= 15 is 0 Å². The van der Waals surface area contributed by atoms with Gasteiger partial charge in [-0.1, -0.05) is 12.1 Å². The van der Waals surface area contributed by atoms with E-state index < -0.39 is 0 Å². The predicted molar refractivity (Wildman–Crippen MR) is 93.6 cm³/mol. The van der Waals surface area contributed by atoms with E-state index in [4.69, 9.17) is 4.74 Å². The molecule has 1 aromatic carbocycles. The number of carbonyl (C=O) groups excluding carboxylic acids is 1. The second-order valence-corrected chi connectivity index (χ2v) is 6.30. The number of hydrogen-bond acceptors (Lipinski definition) is 3. The minimum Gasteiger partial charge on any atom is -0.376 e. The molecule has 0 spiro atoms. The highest BCUT2D eigenvalue weighted by atomic mass is 19.1. The van der Waals surface area contributed by atoms with Crippen LogP contribution >= 0.6 is 0 Å². The minimum atomic E-state index is -0.313. The summed E-state index contributed by atoms with van der Waals surface area (Å²) in [5.41, 5.74) is 1.84. The zero-order valence-electron chi connectivity index (χ0n) is 14.4. The van der Waals surface area contributed by atoms with Crippen LogP contribution in [-0.2, 0) is 22.4 Å². The Morgan fingerprint density at radius 1 is 1.28 bits per heavy atom. The molecule has 0 bridgehead atoms. The Morgan fingerprint density at radius 3 is 2.80 bits per heavy atom. The molecule has 1 aromatic heterocycles. The Bertz CT molecular complexity index is 708. The smallest absolute Gasteiger partial charge is 0.227 e. The Kier molecular flexibility index (Phi) is 5.76. The summed E-state index contributed by atoms with van der Waals surface area (Å²) >= 11 is 0. The Morgan fingerprint density at radius 2 is 2.08 bits per heavy atom. The summed E-state index contributed by atoms with van der Waals surface area (Å²) in [7, 11) is 0. The van der Waals surface area contributed by atoms with Gasteiger partial charge in [0.05, 0.1) is 18.6 Å². The number of rotatable bonds is 6. The van der Waals surface area contributed by atoms with Crippen LogP contribution < -0.4 is 0 Å². The fraction of sp³-hybridized carbons (Fsp3) is 0.400. The minimum absolute atomic E-state index is 0.00316. The maximum atomic E-state index is 13.4. The number of pyridine rings is 1. The van der Waals surface area contributed by atoms with E-state index in [0.29, 0.717) is 18.7 Å². The number of aromatic nitrogens is 1. The molecule has 2 atom stereocenters. The lowest BCUT2D eigenvalue weighted by Gasteiger charge is -2.28. The highest BCUT2D eigenvalue weighted by Gasteiger charge is 2.37. The van der Waals surface area contributed by atoms with E-state index in [2.05, 4.69) is 4.98 Å². The zero-order chi connectivity index (χ0) is 17.6. The average molecular weight is 342 g/mol. The van der Waals surface area contributed by atoms with Gasteiger partial charge in [0.15, 0.2) is 0 Å². The summed E-state index contributed by atoms with van der Waals surface area (Å²) in [6, 6.07) is 10.2. The van der Waals surface area contributed by atoms with E-state index in [1.807, 2.05) is 24.0 Å². The maximum absolute atomic E-state index is 13.4. The highest BCUT2D eigenvalue weighted by molar-refractivity contribution is 5.79. The SMILES string of the molecule is CCO[C@H]1CCN(C(=O)Cc2cccc(F)c2)[C@H]1Cc1ccncc1. The summed E-state index contributed by atoms with van der Waals surface area (Å²) in [5, 5.41) is 0. The number of hydrogen-bond donors (Lipinski definition) is 0. The van der Waals surface area contributed by atoms with E-state index in [0.717, 1.165) is 18.4 Å². The predicted octanol–water partition coefficient (Wildman–Crippen LogP) is 3.01. The van der Waals surface area contributed by atoms with Crippen molar-refractivity contribution in [1.82, 2.24) is 9.88 Å². The standard InChI is InChI=1S/C20H23FN2O2/c1-2-25-19-8-11-23(18(19)13-15-6-9-22-10-7-15)20(24)14-16-4-3-5-17(21)12-16/h3-7,9-10,12,18-19H,2,8,11,13-14H2,1H3/t18-,19-/m0/s1. The third-order valence-electron chi connectivity index (χ3n) is 4.62. The Balaban J connectivity index is 1.74. The van der Waals surface area contributed by atoms with E-state index in [-0.39, 0.29) is 30.3 Å². The van der Waals surface area contributed by atoms with Crippen molar-refractivity contribution in [2.75, 3.05) is 13.2 Å². The fourth-order valence-electron chi connectivity index (χ4n) is 3.47. The normalized spacial score (nSPS) is 20.0. The zero-order valence-corrected chi connectivity index (χ0v) is 14.4. The summed E-state index contributed by atoms with van der Waals surface area (Å²) in [5.74, 6) is -0.292. The van der Waals surface area contributed by atoms with E-state index in [9.17, 15) is 9.18 Å². The first-order chi connectivity index (χ1) is 12.2. The summed E-state index contributed by atoms with van der Waals surface area (Å²) < 4.78 is 19.2. The Labute approximate surface area is 147 Å². The molecule has 0 radical (unpaired) electrons. The number of ether oxygens (including phenoxy) is 1. The van der Waals surface area contributed by atoms with Crippen molar-refractivity contribution in [2.45, 2.75) is 38.3 Å². The van der Waals surface area contributed by atoms with Crippen LogP contribution in [-0.4, -0.2) is 41.1 Å². The molecule has 25 heavy (non-hydrogen) atoms. The van der Waals surface area contributed by atoms with E-state index in [1.165, 1.54) is 12.1 Å². The molecule has 0 saturated carbocycles. The van der Waals surface area contributed by atoms with Gasteiger partial charge >= 0.3 is 0 Å². The monoisotopic (exact) mass is 342 g/mol. The van der Waals surface area contributed by atoms with Gasteiger partial charge in [-0.25, -0.2) is 4.39 Å². The molecular weight excluding hydrogens is 319 g/mol. The lowest BCUT2D eigenvalue weighted by Crippen LogP contribution is -2.42. The summed E-state index contributed by atoms with van der Waals surface area (Å²) in [4.78, 5) is 18.8. The first kappa shape index (κ1) is 17.5. The number of amides is 1. The first-order valence-electron chi connectivity index (χ1n) is 8.71. The number of nitrogens with zero attached hydrogens (tertiary/aromatic N) is 2. The summed E-state index contributed by atoms with van der Waals surface area (Å²) in [6.45, 7) is 3.28. The van der Waals surface area contributed by atoms with Crippen LogP contribution in [0.25, 0.3) is 0 Å². The highest BCUT2D eigenvalue weighted by Crippen LogP contribution is 2.25. The number of carbonyl (C=O) groups is 1. The van der Waals surface area contributed by atoms with Crippen LogP contribution in [0.4, 0.5) is 4.39 Å². The van der Waals surface area contributed by atoms with Crippen molar-refractivity contribution in [3.63, 3.8) is 0 Å². The Hall–Kier alpha value is -2.27. The van der Waals surface area contributed by atoms with Gasteiger partial charge in [-0.3, -0.25) is 9.78 Å². The van der Waals surface area contributed by atoms with Crippen molar-refractivity contribution in [3.05, 3.63) is 65.7 Å². The molecule has 4 nitrogen and oxygen atoms in total. The molecule has 0 aliphatic carbocycles. The van der Waals surface area contributed by atoms with Crippen molar-refractivity contribution in [2.24, 2.45) is 0 Å².